The predicted molar refractivity (Wildman–Crippen MR) is 63.2 cm³/mol. The Morgan fingerprint density at radius 1 is 1.12 bits per heavy atom. The lowest BCUT2D eigenvalue weighted by Gasteiger charge is -2.01. The summed E-state index contributed by atoms with van der Waals surface area (Å²) in [5.74, 6) is 0.937. The predicted octanol–water partition coefficient (Wildman–Crippen LogP) is 2.70. The smallest absolute Gasteiger partial charge is 0.146 e. The van der Waals surface area contributed by atoms with Gasteiger partial charge in [-0.2, -0.15) is 0 Å². The zero-order valence-electron chi connectivity index (χ0n) is 8.96. The Morgan fingerprint density at radius 3 is 2.88 bits per heavy atom. The summed E-state index contributed by atoms with van der Waals surface area (Å²) >= 11 is 0. The van der Waals surface area contributed by atoms with Crippen molar-refractivity contribution in [2.24, 2.45) is 0 Å². The molecule has 0 atom stereocenters. The Balaban J connectivity index is 2.29. The number of pyridine rings is 2. The fraction of sp³-hybridized carbons (Fsp3) is 0.0769. The summed E-state index contributed by atoms with van der Waals surface area (Å²) in [6.07, 6.45) is 7.56. The molecule has 0 spiro atoms. The van der Waals surface area contributed by atoms with Gasteiger partial charge in [0.25, 0.3) is 0 Å². The fourth-order valence-corrected chi connectivity index (χ4v) is 1.81. The molecule has 0 saturated heterocycles. The molecule has 0 unspecified atom stereocenters. The van der Waals surface area contributed by atoms with Crippen molar-refractivity contribution >= 4 is 5.52 Å². The highest BCUT2D eigenvalue weighted by atomic mass is 15.0. The Hall–Kier alpha value is -2.16. The largest absolute Gasteiger partial charge is 0.299 e. The fourth-order valence-electron chi connectivity index (χ4n) is 1.81. The van der Waals surface area contributed by atoms with E-state index >= 15 is 0 Å². The van der Waals surface area contributed by atoms with Crippen molar-refractivity contribution in [3.63, 3.8) is 0 Å². The van der Waals surface area contributed by atoms with Gasteiger partial charge in [0.05, 0.1) is 11.7 Å². The summed E-state index contributed by atoms with van der Waals surface area (Å²) in [6, 6.07) is 8.10. The molecule has 3 nitrogen and oxygen atoms in total. The van der Waals surface area contributed by atoms with Gasteiger partial charge in [-0.1, -0.05) is 6.07 Å². The van der Waals surface area contributed by atoms with Gasteiger partial charge in [0.1, 0.15) is 5.82 Å². The molecule has 0 aliphatic carbocycles. The van der Waals surface area contributed by atoms with Crippen LogP contribution < -0.4 is 0 Å². The molecular formula is C13H11N3. The Bertz CT molecular complexity index is 626. The van der Waals surface area contributed by atoms with Crippen LogP contribution in [0.3, 0.4) is 0 Å². The average Bonchev–Trinajstić information content (AvgIpc) is 2.73. The number of fused-ring (bicyclic) bond motifs is 1. The molecule has 3 rings (SSSR count). The Labute approximate surface area is 93.4 Å². The quantitative estimate of drug-likeness (QED) is 0.616. The molecule has 0 aliphatic heterocycles. The molecule has 16 heavy (non-hydrogen) atoms. The van der Waals surface area contributed by atoms with E-state index in [2.05, 4.69) is 39.6 Å². The third kappa shape index (κ3) is 1.37. The van der Waals surface area contributed by atoms with Crippen LogP contribution >= 0.6 is 0 Å². The maximum Gasteiger partial charge on any atom is 0.146 e. The first kappa shape index (κ1) is 9.09. The summed E-state index contributed by atoms with van der Waals surface area (Å²) < 4.78 is 2.09. The molecule has 0 saturated carbocycles. The van der Waals surface area contributed by atoms with Crippen molar-refractivity contribution < 1.29 is 0 Å². The van der Waals surface area contributed by atoms with Crippen LogP contribution in [0.5, 0.6) is 0 Å². The standard InChI is InChI=1S/C13H11N3/c1-10-4-5-12-8-15-13(16(12)9-10)11-3-2-6-14-7-11/h2-9H,1H3. The van der Waals surface area contributed by atoms with Crippen molar-refractivity contribution in [2.45, 2.75) is 6.92 Å². The molecule has 0 N–H and O–H groups in total. The van der Waals surface area contributed by atoms with Gasteiger partial charge in [-0.15, -0.1) is 0 Å². The van der Waals surface area contributed by atoms with E-state index in [4.69, 9.17) is 0 Å². The monoisotopic (exact) mass is 209 g/mol. The molecule has 78 valence electrons. The molecule has 0 aliphatic rings. The number of rotatable bonds is 1. The SMILES string of the molecule is Cc1ccc2cnc(-c3cccnc3)n2c1. The second-order valence-corrected chi connectivity index (χ2v) is 3.82. The minimum absolute atomic E-state index is 0.937. The van der Waals surface area contributed by atoms with Gasteiger partial charge in [-0.25, -0.2) is 4.98 Å². The maximum atomic E-state index is 4.43. The van der Waals surface area contributed by atoms with Crippen LogP contribution in [0.25, 0.3) is 16.9 Å². The van der Waals surface area contributed by atoms with Gasteiger partial charge in [0, 0.05) is 24.2 Å². The first-order chi connectivity index (χ1) is 7.84. The number of aromatic nitrogens is 3. The minimum Gasteiger partial charge on any atom is -0.299 e. The summed E-state index contributed by atoms with van der Waals surface area (Å²) in [4.78, 5) is 8.55. The third-order valence-corrected chi connectivity index (χ3v) is 2.59. The van der Waals surface area contributed by atoms with Crippen molar-refractivity contribution in [1.82, 2.24) is 14.4 Å². The normalized spacial score (nSPS) is 10.8. The van der Waals surface area contributed by atoms with Crippen LogP contribution in [0.4, 0.5) is 0 Å². The third-order valence-electron chi connectivity index (χ3n) is 2.59. The molecular weight excluding hydrogens is 198 g/mol. The van der Waals surface area contributed by atoms with E-state index in [-0.39, 0.29) is 0 Å². The van der Waals surface area contributed by atoms with Gasteiger partial charge >= 0.3 is 0 Å². The number of imidazole rings is 1. The summed E-state index contributed by atoms with van der Waals surface area (Å²) in [6.45, 7) is 2.08. The molecule has 0 fully saturated rings. The van der Waals surface area contributed by atoms with Crippen LogP contribution in [-0.4, -0.2) is 14.4 Å². The molecule has 0 aromatic carbocycles. The zero-order valence-corrected chi connectivity index (χ0v) is 8.96. The second-order valence-electron chi connectivity index (χ2n) is 3.82. The van der Waals surface area contributed by atoms with Crippen LogP contribution in [0, 0.1) is 6.92 Å². The number of hydrogen-bond acceptors (Lipinski definition) is 2. The van der Waals surface area contributed by atoms with Crippen LogP contribution in [0.2, 0.25) is 0 Å². The molecule has 0 amide bonds. The van der Waals surface area contributed by atoms with Gasteiger partial charge < -0.3 is 0 Å². The topological polar surface area (TPSA) is 30.2 Å². The minimum atomic E-state index is 0.937. The van der Waals surface area contributed by atoms with Gasteiger partial charge in [0.15, 0.2) is 0 Å². The van der Waals surface area contributed by atoms with E-state index < -0.39 is 0 Å². The van der Waals surface area contributed by atoms with E-state index in [1.54, 1.807) is 6.20 Å². The van der Waals surface area contributed by atoms with E-state index in [1.165, 1.54) is 5.56 Å². The highest BCUT2D eigenvalue weighted by molar-refractivity contribution is 5.61. The van der Waals surface area contributed by atoms with Crippen LogP contribution in [0.15, 0.2) is 49.1 Å². The molecule has 3 heterocycles. The van der Waals surface area contributed by atoms with Gasteiger partial charge in [0.2, 0.25) is 0 Å². The molecule has 3 heteroatoms. The first-order valence-corrected chi connectivity index (χ1v) is 5.19. The molecule has 3 aromatic heterocycles. The summed E-state index contributed by atoms with van der Waals surface area (Å²) in [5, 5.41) is 0. The van der Waals surface area contributed by atoms with E-state index in [1.807, 2.05) is 24.5 Å². The lowest BCUT2D eigenvalue weighted by atomic mass is 10.2. The van der Waals surface area contributed by atoms with Crippen molar-refractivity contribution in [3.05, 3.63) is 54.6 Å². The molecule has 3 aromatic rings. The second kappa shape index (κ2) is 3.45. The highest BCUT2D eigenvalue weighted by Crippen LogP contribution is 2.18. The van der Waals surface area contributed by atoms with Crippen molar-refractivity contribution in [2.75, 3.05) is 0 Å². The van der Waals surface area contributed by atoms with Crippen LogP contribution in [-0.2, 0) is 0 Å². The number of aryl methyl sites for hydroxylation is 1. The van der Waals surface area contributed by atoms with E-state index in [9.17, 15) is 0 Å². The van der Waals surface area contributed by atoms with Gasteiger partial charge in [-0.05, 0) is 30.7 Å². The highest BCUT2D eigenvalue weighted by Gasteiger charge is 2.05. The van der Waals surface area contributed by atoms with Crippen molar-refractivity contribution in [1.29, 1.82) is 0 Å². The van der Waals surface area contributed by atoms with Crippen LogP contribution in [0.1, 0.15) is 5.56 Å². The molecule has 0 radical (unpaired) electrons. The van der Waals surface area contributed by atoms with Gasteiger partial charge in [-0.3, -0.25) is 9.38 Å². The lowest BCUT2D eigenvalue weighted by Crippen LogP contribution is -1.90. The molecule has 0 bridgehead atoms. The Kier molecular flexibility index (Phi) is 1.96. The zero-order chi connectivity index (χ0) is 11.0. The van der Waals surface area contributed by atoms with E-state index in [0.717, 1.165) is 16.9 Å². The van der Waals surface area contributed by atoms with E-state index in [0.29, 0.717) is 0 Å². The summed E-state index contributed by atoms with van der Waals surface area (Å²) in [5.41, 5.74) is 3.35. The lowest BCUT2D eigenvalue weighted by molar-refractivity contribution is 1.13. The average molecular weight is 209 g/mol. The maximum absolute atomic E-state index is 4.43. The van der Waals surface area contributed by atoms with Crippen molar-refractivity contribution in [3.8, 4) is 11.4 Å². The number of hydrogen-bond donors (Lipinski definition) is 0. The first-order valence-electron chi connectivity index (χ1n) is 5.19. The summed E-state index contributed by atoms with van der Waals surface area (Å²) in [7, 11) is 0. The Morgan fingerprint density at radius 2 is 2.06 bits per heavy atom. The number of nitrogens with zero attached hydrogens (tertiary/aromatic N) is 3.